The molecule has 1 aromatic rings. The number of nitrogens with zero attached hydrogens (tertiary/aromatic N) is 1. The maximum Gasteiger partial charge on any atom is 0.401 e. The van der Waals surface area contributed by atoms with Gasteiger partial charge in [-0.2, -0.15) is 13.2 Å². The second-order valence-corrected chi connectivity index (χ2v) is 5.16. The van der Waals surface area contributed by atoms with E-state index in [0.717, 1.165) is 11.1 Å². The minimum Gasteiger partial charge on any atom is -0.323 e. The van der Waals surface area contributed by atoms with Gasteiger partial charge in [0.15, 0.2) is 0 Å². The van der Waals surface area contributed by atoms with Gasteiger partial charge in [0.05, 0.1) is 6.54 Å². The highest BCUT2D eigenvalue weighted by atomic mass is 19.4. The van der Waals surface area contributed by atoms with E-state index in [0.29, 0.717) is 0 Å². The molecule has 0 amide bonds. The Morgan fingerprint density at radius 1 is 1.26 bits per heavy atom. The van der Waals surface area contributed by atoms with Gasteiger partial charge in [0.1, 0.15) is 0 Å². The lowest BCUT2D eigenvalue weighted by atomic mass is 10.0. The normalized spacial score (nSPS) is 14.2. The summed E-state index contributed by atoms with van der Waals surface area (Å²) in [4.78, 5) is 1.35. The lowest BCUT2D eigenvalue weighted by molar-refractivity contribution is -0.150. The Balaban J connectivity index is 2.74. The zero-order valence-electron chi connectivity index (χ0n) is 11.5. The van der Waals surface area contributed by atoms with E-state index in [1.807, 2.05) is 31.2 Å². The Morgan fingerprint density at radius 2 is 1.89 bits per heavy atom. The molecule has 0 aliphatic rings. The highest BCUT2D eigenvalue weighted by Gasteiger charge is 2.32. The molecule has 0 bridgehead atoms. The Labute approximate surface area is 112 Å². The van der Waals surface area contributed by atoms with Crippen LogP contribution in [0.4, 0.5) is 13.2 Å². The number of rotatable bonds is 5. The number of nitrogens with two attached hydrogens (primary N) is 1. The van der Waals surface area contributed by atoms with Crippen molar-refractivity contribution in [2.45, 2.75) is 39.0 Å². The maximum absolute atomic E-state index is 12.5. The molecule has 2 N–H and O–H groups in total. The van der Waals surface area contributed by atoms with Crippen LogP contribution in [0.15, 0.2) is 24.3 Å². The molecule has 0 heterocycles. The first-order valence-electron chi connectivity index (χ1n) is 6.32. The first-order valence-corrected chi connectivity index (χ1v) is 6.32. The van der Waals surface area contributed by atoms with E-state index in [2.05, 4.69) is 0 Å². The molecule has 0 fully saturated rings. The largest absolute Gasteiger partial charge is 0.401 e. The summed E-state index contributed by atoms with van der Waals surface area (Å²) < 4.78 is 37.5. The average molecular weight is 274 g/mol. The molecule has 1 unspecified atom stereocenters. The highest BCUT2D eigenvalue weighted by Crippen LogP contribution is 2.21. The van der Waals surface area contributed by atoms with E-state index in [1.54, 1.807) is 13.8 Å². The van der Waals surface area contributed by atoms with Gasteiger partial charge in [-0.1, -0.05) is 29.8 Å². The summed E-state index contributed by atoms with van der Waals surface area (Å²) in [6.45, 7) is 4.69. The summed E-state index contributed by atoms with van der Waals surface area (Å²) in [5.74, 6) is 0. The molecule has 0 saturated carbocycles. The van der Waals surface area contributed by atoms with Gasteiger partial charge in [-0.05, 0) is 26.3 Å². The fraction of sp³-hybridized carbons (Fsp3) is 0.571. The first kappa shape index (κ1) is 16.0. The van der Waals surface area contributed by atoms with Crippen LogP contribution >= 0.6 is 0 Å². The van der Waals surface area contributed by atoms with Gasteiger partial charge in [0, 0.05) is 18.6 Å². The van der Waals surface area contributed by atoms with Crippen LogP contribution in [0, 0.1) is 6.92 Å². The zero-order chi connectivity index (χ0) is 14.6. The van der Waals surface area contributed by atoms with Crippen LogP contribution in [0.25, 0.3) is 0 Å². The summed E-state index contributed by atoms with van der Waals surface area (Å²) in [6, 6.07) is 6.96. The smallest absolute Gasteiger partial charge is 0.323 e. The highest BCUT2D eigenvalue weighted by molar-refractivity contribution is 5.25. The average Bonchev–Trinajstić information content (AvgIpc) is 2.26. The van der Waals surface area contributed by atoms with Crippen LogP contribution in [0.2, 0.25) is 0 Å². The number of alkyl halides is 3. The number of hydrogen-bond acceptors (Lipinski definition) is 2. The standard InChI is InChI=1S/C14H21F3N2/c1-10(2)19(9-14(15,16)17)8-13(18)12-6-4-5-11(3)7-12/h4-7,10,13H,8-9,18H2,1-3H3. The van der Waals surface area contributed by atoms with Crippen molar-refractivity contribution < 1.29 is 13.2 Å². The van der Waals surface area contributed by atoms with Gasteiger partial charge in [0.2, 0.25) is 0 Å². The van der Waals surface area contributed by atoms with E-state index in [1.165, 1.54) is 4.90 Å². The molecule has 1 rings (SSSR count). The Kier molecular flexibility index (Phi) is 5.38. The molecular weight excluding hydrogens is 253 g/mol. The Morgan fingerprint density at radius 3 is 2.37 bits per heavy atom. The van der Waals surface area contributed by atoms with Crippen LogP contribution in [-0.2, 0) is 0 Å². The van der Waals surface area contributed by atoms with Crippen LogP contribution in [-0.4, -0.2) is 30.2 Å². The van der Waals surface area contributed by atoms with Crippen LogP contribution in [0.1, 0.15) is 31.0 Å². The predicted molar refractivity (Wildman–Crippen MR) is 70.9 cm³/mol. The predicted octanol–water partition coefficient (Wildman–Crippen LogP) is 3.27. The third-order valence-corrected chi connectivity index (χ3v) is 3.01. The van der Waals surface area contributed by atoms with E-state index in [4.69, 9.17) is 5.73 Å². The summed E-state index contributed by atoms with van der Waals surface area (Å²) in [6.07, 6.45) is -4.20. The molecule has 0 aliphatic carbocycles. The minimum absolute atomic E-state index is 0.195. The topological polar surface area (TPSA) is 29.3 Å². The fourth-order valence-corrected chi connectivity index (χ4v) is 1.95. The van der Waals surface area contributed by atoms with Gasteiger partial charge in [-0.25, -0.2) is 0 Å². The molecule has 2 nitrogen and oxygen atoms in total. The van der Waals surface area contributed by atoms with E-state index in [9.17, 15) is 13.2 Å². The van der Waals surface area contributed by atoms with Gasteiger partial charge >= 0.3 is 6.18 Å². The SMILES string of the molecule is Cc1cccc(C(N)CN(CC(F)(F)F)C(C)C)c1. The van der Waals surface area contributed by atoms with E-state index < -0.39 is 18.8 Å². The maximum atomic E-state index is 12.5. The van der Waals surface area contributed by atoms with Crippen molar-refractivity contribution in [3.05, 3.63) is 35.4 Å². The number of hydrogen-bond donors (Lipinski definition) is 1. The van der Waals surface area contributed by atoms with Gasteiger partial charge < -0.3 is 5.73 Å². The number of benzene rings is 1. The fourth-order valence-electron chi connectivity index (χ4n) is 1.95. The molecule has 1 aromatic carbocycles. The Hall–Kier alpha value is -1.07. The number of aryl methyl sites for hydroxylation is 1. The minimum atomic E-state index is -4.20. The second-order valence-electron chi connectivity index (χ2n) is 5.16. The van der Waals surface area contributed by atoms with E-state index in [-0.39, 0.29) is 12.6 Å². The molecular formula is C14H21F3N2. The summed E-state index contributed by atoms with van der Waals surface area (Å²) in [5.41, 5.74) is 7.94. The van der Waals surface area contributed by atoms with E-state index >= 15 is 0 Å². The summed E-state index contributed by atoms with van der Waals surface area (Å²) in [5, 5.41) is 0. The van der Waals surface area contributed by atoms with Crippen molar-refractivity contribution in [3.63, 3.8) is 0 Å². The Bertz CT molecular complexity index is 402. The van der Waals surface area contributed by atoms with Crippen molar-refractivity contribution in [2.24, 2.45) is 5.73 Å². The molecule has 5 heteroatoms. The third-order valence-electron chi connectivity index (χ3n) is 3.01. The summed E-state index contributed by atoms with van der Waals surface area (Å²) >= 11 is 0. The van der Waals surface area contributed by atoms with Crippen molar-refractivity contribution in [1.29, 1.82) is 0 Å². The lowest BCUT2D eigenvalue weighted by Gasteiger charge is -2.30. The molecule has 19 heavy (non-hydrogen) atoms. The van der Waals surface area contributed by atoms with Crippen molar-refractivity contribution in [2.75, 3.05) is 13.1 Å². The van der Waals surface area contributed by atoms with Crippen molar-refractivity contribution in [3.8, 4) is 0 Å². The molecule has 0 saturated heterocycles. The second kappa shape index (κ2) is 6.39. The molecule has 0 spiro atoms. The number of halogens is 3. The monoisotopic (exact) mass is 274 g/mol. The molecule has 0 radical (unpaired) electrons. The summed E-state index contributed by atoms with van der Waals surface area (Å²) in [7, 11) is 0. The van der Waals surface area contributed by atoms with Crippen molar-refractivity contribution in [1.82, 2.24) is 4.90 Å². The quantitative estimate of drug-likeness (QED) is 0.893. The van der Waals surface area contributed by atoms with Gasteiger partial charge in [-0.3, -0.25) is 4.90 Å². The van der Waals surface area contributed by atoms with Gasteiger partial charge in [-0.15, -0.1) is 0 Å². The van der Waals surface area contributed by atoms with Crippen LogP contribution in [0.3, 0.4) is 0 Å². The third kappa shape index (κ3) is 5.61. The zero-order valence-corrected chi connectivity index (χ0v) is 11.5. The van der Waals surface area contributed by atoms with Crippen LogP contribution in [0.5, 0.6) is 0 Å². The lowest BCUT2D eigenvalue weighted by Crippen LogP contribution is -2.42. The molecule has 1 atom stereocenters. The first-order chi connectivity index (χ1) is 8.69. The molecule has 0 aliphatic heterocycles. The van der Waals surface area contributed by atoms with Crippen LogP contribution < -0.4 is 5.73 Å². The molecule has 0 aromatic heterocycles. The molecule has 108 valence electrons. The van der Waals surface area contributed by atoms with Crippen molar-refractivity contribution >= 4 is 0 Å². The van der Waals surface area contributed by atoms with Gasteiger partial charge in [0.25, 0.3) is 0 Å².